The minimum Gasteiger partial charge on any atom is -0.355 e. The van der Waals surface area contributed by atoms with Crippen molar-refractivity contribution in [1.82, 2.24) is 15.1 Å². The van der Waals surface area contributed by atoms with Gasteiger partial charge in [-0.25, -0.2) is 0 Å². The Labute approximate surface area is 107 Å². The Hall–Kier alpha value is -1.10. The fourth-order valence-corrected chi connectivity index (χ4v) is 3.38. The SMILES string of the molecule is O=C1CC(C(=O)N2CCC(N3CCCC3)C2)CN1. The first kappa shape index (κ1) is 12.0. The van der Waals surface area contributed by atoms with Gasteiger partial charge in [-0.15, -0.1) is 0 Å². The largest absolute Gasteiger partial charge is 0.355 e. The van der Waals surface area contributed by atoms with Crippen LogP contribution in [0.4, 0.5) is 0 Å². The molecule has 0 aromatic rings. The van der Waals surface area contributed by atoms with Crippen molar-refractivity contribution in [2.75, 3.05) is 32.7 Å². The van der Waals surface area contributed by atoms with Gasteiger partial charge >= 0.3 is 0 Å². The molecule has 1 N–H and O–H groups in total. The Bertz CT molecular complexity index is 352. The van der Waals surface area contributed by atoms with Crippen LogP contribution in [-0.4, -0.2) is 60.4 Å². The molecule has 0 bridgehead atoms. The highest BCUT2D eigenvalue weighted by Gasteiger charge is 2.36. The van der Waals surface area contributed by atoms with Crippen molar-refractivity contribution in [3.05, 3.63) is 0 Å². The first-order valence-corrected chi connectivity index (χ1v) is 7.03. The van der Waals surface area contributed by atoms with Crippen molar-refractivity contribution in [2.24, 2.45) is 5.92 Å². The van der Waals surface area contributed by atoms with Crippen molar-refractivity contribution >= 4 is 11.8 Å². The summed E-state index contributed by atoms with van der Waals surface area (Å²) in [6.45, 7) is 4.64. The molecule has 3 aliphatic heterocycles. The van der Waals surface area contributed by atoms with Gasteiger partial charge in [-0.3, -0.25) is 14.5 Å². The molecule has 0 aliphatic carbocycles. The van der Waals surface area contributed by atoms with E-state index < -0.39 is 0 Å². The maximum absolute atomic E-state index is 12.3. The maximum Gasteiger partial charge on any atom is 0.228 e. The van der Waals surface area contributed by atoms with Crippen LogP contribution in [0.5, 0.6) is 0 Å². The van der Waals surface area contributed by atoms with E-state index in [1.807, 2.05) is 4.90 Å². The van der Waals surface area contributed by atoms with Crippen LogP contribution in [0.3, 0.4) is 0 Å². The lowest BCUT2D eigenvalue weighted by atomic mass is 10.1. The van der Waals surface area contributed by atoms with E-state index in [0.29, 0.717) is 19.0 Å². The summed E-state index contributed by atoms with van der Waals surface area (Å²) in [5.74, 6) is 0.0773. The zero-order valence-corrected chi connectivity index (χ0v) is 10.7. The summed E-state index contributed by atoms with van der Waals surface area (Å²) < 4.78 is 0. The van der Waals surface area contributed by atoms with Gasteiger partial charge in [0.05, 0.1) is 5.92 Å². The Morgan fingerprint density at radius 1 is 1.22 bits per heavy atom. The summed E-state index contributed by atoms with van der Waals surface area (Å²) in [7, 11) is 0. The number of hydrogen-bond acceptors (Lipinski definition) is 3. The van der Waals surface area contributed by atoms with E-state index in [2.05, 4.69) is 10.2 Å². The molecule has 0 spiro atoms. The third kappa shape index (κ3) is 2.23. The molecule has 100 valence electrons. The van der Waals surface area contributed by atoms with E-state index in [4.69, 9.17) is 0 Å². The van der Waals surface area contributed by atoms with Gasteiger partial charge in [-0.1, -0.05) is 0 Å². The summed E-state index contributed by atoms with van der Waals surface area (Å²) in [4.78, 5) is 27.9. The molecule has 3 rings (SSSR count). The van der Waals surface area contributed by atoms with Crippen molar-refractivity contribution in [2.45, 2.75) is 31.7 Å². The standard InChI is InChI=1S/C13H21N3O2/c17-12-7-10(8-14-12)13(18)16-6-3-11(9-16)15-4-1-2-5-15/h10-11H,1-9H2,(H,14,17). The van der Waals surface area contributed by atoms with Crippen LogP contribution in [-0.2, 0) is 9.59 Å². The monoisotopic (exact) mass is 251 g/mol. The number of rotatable bonds is 2. The van der Waals surface area contributed by atoms with E-state index in [-0.39, 0.29) is 17.7 Å². The second-order valence-corrected chi connectivity index (χ2v) is 5.67. The van der Waals surface area contributed by atoms with Gasteiger partial charge in [0.1, 0.15) is 0 Å². The first-order chi connectivity index (χ1) is 8.74. The number of nitrogens with zero attached hydrogens (tertiary/aromatic N) is 2. The van der Waals surface area contributed by atoms with Gasteiger partial charge < -0.3 is 10.2 Å². The van der Waals surface area contributed by atoms with E-state index in [1.54, 1.807) is 0 Å². The summed E-state index contributed by atoms with van der Waals surface area (Å²) >= 11 is 0. The second kappa shape index (κ2) is 4.88. The topological polar surface area (TPSA) is 52.7 Å². The quantitative estimate of drug-likeness (QED) is 0.740. The van der Waals surface area contributed by atoms with Crippen LogP contribution < -0.4 is 5.32 Å². The van der Waals surface area contributed by atoms with Crippen LogP contribution in [0.25, 0.3) is 0 Å². The number of nitrogens with one attached hydrogen (secondary N) is 1. The average Bonchev–Trinajstić information content (AvgIpc) is 3.09. The van der Waals surface area contributed by atoms with Crippen molar-refractivity contribution in [3.63, 3.8) is 0 Å². The summed E-state index contributed by atoms with van der Waals surface area (Å²) in [6.07, 6.45) is 4.07. The third-order valence-electron chi connectivity index (χ3n) is 4.46. The Morgan fingerprint density at radius 3 is 2.67 bits per heavy atom. The van der Waals surface area contributed by atoms with Crippen LogP contribution in [0.1, 0.15) is 25.7 Å². The third-order valence-corrected chi connectivity index (χ3v) is 4.46. The molecule has 0 saturated carbocycles. The van der Waals surface area contributed by atoms with E-state index in [9.17, 15) is 9.59 Å². The summed E-state index contributed by atoms with van der Waals surface area (Å²) in [5, 5.41) is 2.74. The van der Waals surface area contributed by atoms with Crippen molar-refractivity contribution in [3.8, 4) is 0 Å². The zero-order valence-electron chi connectivity index (χ0n) is 10.7. The number of likely N-dealkylation sites (tertiary alicyclic amines) is 2. The number of carbonyl (C=O) groups is 2. The Kier molecular flexibility index (Phi) is 3.24. The summed E-state index contributed by atoms with van der Waals surface area (Å²) in [6, 6.07) is 0.557. The van der Waals surface area contributed by atoms with Gasteiger partial charge in [0.2, 0.25) is 11.8 Å². The lowest BCUT2D eigenvalue weighted by molar-refractivity contribution is -0.135. The second-order valence-electron chi connectivity index (χ2n) is 5.67. The lowest BCUT2D eigenvalue weighted by Crippen LogP contribution is -2.39. The molecule has 2 unspecified atom stereocenters. The lowest BCUT2D eigenvalue weighted by Gasteiger charge is -2.24. The van der Waals surface area contributed by atoms with Crippen LogP contribution in [0, 0.1) is 5.92 Å². The molecule has 0 aromatic carbocycles. The molecule has 2 atom stereocenters. The minimum absolute atomic E-state index is 0.0173. The molecule has 18 heavy (non-hydrogen) atoms. The predicted octanol–water partition coefficient (Wildman–Crippen LogP) is -0.181. The van der Waals surface area contributed by atoms with E-state index >= 15 is 0 Å². The fourth-order valence-electron chi connectivity index (χ4n) is 3.38. The van der Waals surface area contributed by atoms with Crippen LogP contribution in [0.2, 0.25) is 0 Å². The zero-order chi connectivity index (χ0) is 12.5. The molecule has 3 saturated heterocycles. The van der Waals surface area contributed by atoms with Gasteiger partial charge in [-0.05, 0) is 32.4 Å². The normalized spacial score (nSPS) is 33.1. The highest BCUT2D eigenvalue weighted by molar-refractivity contribution is 5.89. The molecule has 0 radical (unpaired) electrons. The van der Waals surface area contributed by atoms with Crippen LogP contribution >= 0.6 is 0 Å². The van der Waals surface area contributed by atoms with E-state index in [1.165, 1.54) is 25.9 Å². The molecule has 3 aliphatic rings. The van der Waals surface area contributed by atoms with Gasteiger partial charge in [0.25, 0.3) is 0 Å². The average molecular weight is 251 g/mol. The smallest absolute Gasteiger partial charge is 0.228 e. The van der Waals surface area contributed by atoms with Crippen molar-refractivity contribution < 1.29 is 9.59 Å². The number of amides is 2. The molecule has 5 nitrogen and oxygen atoms in total. The molecular weight excluding hydrogens is 230 g/mol. The highest BCUT2D eigenvalue weighted by Crippen LogP contribution is 2.23. The Morgan fingerprint density at radius 2 is 2.00 bits per heavy atom. The molecule has 2 amide bonds. The number of hydrogen-bond donors (Lipinski definition) is 1. The maximum atomic E-state index is 12.3. The van der Waals surface area contributed by atoms with Gasteiger partial charge in [-0.2, -0.15) is 0 Å². The Balaban J connectivity index is 1.54. The molecule has 3 heterocycles. The fraction of sp³-hybridized carbons (Fsp3) is 0.846. The highest BCUT2D eigenvalue weighted by atomic mass is 16.2. The van der Waals surface area contributed by atoms with Crippen LogP contribution in [0.15, 0.2) is 0 Å². The predicted molar refractivity (Wildman–Crippen MR) is 66.9 cm³/mol. The molecule has 3 fully saturated rings. The van der Waals surface area contributed by atoms with Crippen molar-refractivity contribution in [1.29, 1.82) is 0 Å². The van der Waals surface area contributed by atoms with E-state index in [0.717, 1.165) is 19.5 Å². The summed E-state index contributed by atoms with van der Waals surface area (Å²) in [5.41, 5.74) is 0. The first-order valence-electron chi connectivity index (χ1n) is 7.03. The molecule has 0 aromatic heterocycles. The number of carbonyl (C=O) groups excluding carboxylic acids is 2. The van der Waals surface area contributed by atoms with Gasteiger partial charge in [0, 0.05) is 32.1 Å². The minimum atomic E-state index is -0.116. The van der Waals surface area contributed by atoms with Gasteiger partial charge in [0.15, 0.2) is 0 Å². The molecular formula is C13H21N3O2. The molecule has 5 heteroatoms.